The average Bonchev–Trinajstić information content (AvgIpc) is 2.62. The Kier molecular flexibility index (Phi) is 7.98. The molecule has 2 heterocycles. The maximum absolute atomic E-state index is 5.80. The van der Waals surface area contributed by atoms with E-state index in [9.17, 15) is 0 Å². The van der Waals surface area contributed by atoms with E-state index in [1.807, 2.05) is 32.0 Å². The van der Waals surface area contributed by atoms with Gasteiger partial charge >= 0.3 is 0 Å². The van der Waals surface area contributed by atoms with Crippen molar-refractivity contribution in [2.75, 3.05) is 19.7 Å². The standard InChI is InChI=1S/C18H24ClN5O/c1-3-20-18(22-10-7-14-5-6-16(19)23-12-14)24-13-15-8-9-21-17(11-15)25-4-2/h5-6,8-9,11-12H,3-4,7,10,13H2,1-2H3,(H2,20,22,24). The predicted octanol–water partition coefficient (Wildman–Crippen LogP) is 2.83. The van der Waals surface area contributed by atoms with Crippen molar-refractivity contribution >= 4 is 17.6 Å². The lowest BCUT2D eigenvalue weighted by Gasteiger charge is -2.11. The van der Waals surface area contributed by atoms with Crippen LogP contribution in [0.15, 0.2) is 41.7 Å². The topological polar surface area (TPSA) is 71.4 Å². The summed E-state index contributed by atoms with van der Waals surface area (Å²) in [5.41, 5.74) is 2.18. The van der Waals surface area contributed by atoms with E-state index < -0.39 is 0 Å². The average molecular weight is 362 g/mol. The summed E-state index contributed by atoms with van der Waals surface area (Å²) in [4.78, 5) is 12.9. The highest BCUT2D eigenvalue weighted by molar-refractivity contribution is 6.29. The number of halogens is 1. The number of hydrogen-bond acceptors (Lipinski definition) is 4. The van der Waals surface area contributed by atoms with Gasteiger partial charge in [-0.05, 0) is 43.5 Å². The van der Waals surface area contributed by atoms with E-state index in [4.69, 9.17) is 16.3 Å². The van der Waals surface area contributed by atoms with Gasteiger partial charge in [0, 0.05) is 31.5 Å². The van der Waals surface area contributed by atoms with E-state index in [0.717, 1.165) is 36.6 Å². The van der Waals surface area contributed by atoms with Gasteiger partial charge in [-0.1, -0.05) is 17.7 Å². The van der Waals surface area contributed by atoms with Gasteiger partial charge in [-0.3, -0.25) is 0 Å². The van der Waals surface area contributed by atoms with Crippen molar-refractivity contribution in [1.82, 2.24) is 20.6 Å². The normalized spacial score (nSPS) is 11.2. The van der Waals surface area contributed by atoms with Crippen molar-refractivity contribution in [3.63, 3.8) is 0 Å². The van der Waals surface area contributed by atoms with Crippen LogP contribution in [0.5, 0.6) is 5.88 Å². The van der Waals surface area contributed by atoms with Crippen LogP contribution < -0.4 is 15.4 Å². The Balaban J connectivity index is 1.89. The molecule has 0 amide bonds. The zero-order valence-electron chi connectivity index (χ0n) is 14.6. The first-order valence-electron chi connectivity index (χ1n) is 8.41. The molecule has 0 aliphatic rings. The Morgan fingerprint density at radius 3 is 2.76 bits per heavy atom. The Hall–Kier alpha value is -2.34. The van der Waals surface area contributed by atoms with E-state index in [2.05, 4.69) is 25.6 Å². The second kappa shape index (κ2) is 10.5. The molecule has 0 fully saturated rings. The first-order valence-corrected chi connectivity index (χ1v) is 8.79. The molecule has 0 saturated carbocycles. The molecule has 2 N–H and O–H groups in total. The zero-order chi connectivity index (χ0) is 17.9. The minimum atomic E-state index is 0.510. The molecule has 0 radical (unpaired) electrons. The lowest BCUT2D eigenvalue weighted by Crippen LogP contribution is -2.38. The minimum absolute atomic E-state index is 0.510. The van der Waals surface area contributed by atoms with Crippen LogP contribution in [-0.2, 0) is 13.0 Å². The molecule has 6 nitrogen and oxygen atoms in total. The van der Waals surface area contributed by atoms with Gasteiger partial charge in [-0.15, -0.1) is 0 Å². The first kappa shape index (κ1) is 19.0. The minimum Gasteiger partial charge on any atom is -0.478 e. The molecule has 2 aromatic rings. The molecule has 0 bridgehead atoms. The van der Waals surface area contributed by atoms with Gasteiger partial charge in [0.25, 0.3) is 0 Å². The van der Waals surface area contributed by atoms with Crippen LogP contribution in [0, 0.1) is 0 Å². The highest BCUT2D eigenvalue weighted by Gasteiger charge is 2.01. The largest absolute Gasteiger partial charge is 0.478 e. The number of nitrogens with zero attached hydrogens (tertiary/aromatic N) is 3. The molecule has 2 rings (SSSR count). The molecule has 0 saturated heterocycles. The summed E-state index contributed by atoms with van der Waals surface area (Å²) in [5.74, 6) is 1.41. The lowest BCUT2D eigenvalue weighted by atomic mass is 10.2. The molecule has 25 heavy (non-hydrogen) atoms. The molecule has 0 unspecified atom stereocenters. The van der Waals surface area contributed by atoms with Crippen molar-refractivity contribution in [2.45, 2.75) is 26.8 Å². The number of pyridine rings is 2. The summed E-state index contributed by atoms with van der Waals surface area (Å²) >= 11 is 5.80. The maximum atomic E-state index is 5.80. The maximum Gasteiger partial charge on any atom is 0.213 e. The molecule has 0 aliphatic carbocycles. The number of guanidine groups is 1. The van der Waals surface area contributed by atoms with E-state index >= 15 is 0 Å². The number of nitrogens with one attached hydrogen (secondary N) is 2. The Labute approximate surface area is 153 Å². The Bertz CT molecular complexity index is 675. The summed E-state index contributed by atoms with van der Waals surface area (Å²) in [5, 5.41) is 7.08. The van der Waals surface area contributed by atoms with Crippen LogP contribution in [0.2, 0.25) is 5.15 Å². The summed E-state index contributed by atoms with van der Waals surface area (Å²) in [6, 6.07) is 7.63. The quantitative estimate of drug-likeness (QED) is 0.430. The number of aromatic nitrogens is 2. The molecule has 134 valence electrons. The number of ether oxygens (including phenoxy) is 1. The van der Waals surface area contributed by atoms with Crippen molar-refractivity contribution in [3.05, 3.63) is 52.9 Å². The first-order chi connectivity index (χ1) is 12.2. The summed E-state index contributed by atoms with van der Waals surface area (Å²) < 4.78 is 5.42. The molecule has 0 spiro atoms. The number of aliphatic imine (C=N–C) groups is 1. The number of rotatable bonds is 8. The third kappa shape index (κ3) is 6.97. The van der Waals surface area contributed by atoms with Crippen molar-refractivity contribution < 1.29 is 4.74 Å². The van der Waals surface area contributed by atoms with Gasteiger partial charge in [-0.25, -0.2) is 15.0 Å². The molecule has 0 atom stereocenters. The molecule has 7 heteroatoms. The van der Waals surface area contributed by atoms with Crippen LogP contribution in [0.3, 0.4) is 0 Å². The Morgan fingerprint density at radius 1 is 1.16 bits per heavy atom. The fourth-order valence-corrected chi connectivity index (χ4v) is 2.28. The predicted molar refractivity (Wildman–Crippen MR) is 101 cm³/mol. The highest BCUT2D eigenvalue weighted by Crippen LogP contribution is 2.10. The van der Waals surface area contributed by atoms with Crippen LogP contribution in [0.25, 0.3) is 0 Å². The van der Waals surface area contributed by atoms with Gasteiger partial charge < -0.3 is 15.4 Å². The second-order valence-corrected chi connectivity index (χ2v) is 5.68. The van der Waals surface area contributed by atoms with Gasteiger partial charge in [0.2, 0.25) is 5.88 Å². The van der Waals surface area contributed by atoms with Crippen LogP contribution in [0.1, 0.15) is 25.0 Å². The fourth-order valence-electron chi connectivity index (χ4n) is 2.17. The molecule has 2 aromatic heterocycles. The van der Waals surface area contributed by atoms with Gasteiger partial charge in [-0.2, -0.15) is 0 Å². The number of hydrogen-bond donors (Lipinski definition) is 2. The zero-order valence-corrected chi connectivity index (χ0v) is 15.4. The van der Waals surface area contributed by atoms with Crippen LogP contribution in [0.4, 0.5) is 0 Å². The smallest absolute Gasteiger partial charge is 0.213 e. The Morgan fingerprint density at radius 2 is 2.04 bits per heavy atom. The summed E-state index contributed by atoms with van der Waals surface area (Å²) in [6.07, 6.45) is 4.38. The van der Waals surface area contributed by atoms with Crippen molar-refractivity contribution in [3.8, 4) is 5.88 Å². The third-order valence-electron chi connectivity index (χ3n) is 3.35. The van der Waals surface area contributed by atoms with Crippen LogP contribution in [-0.4, -0.2) is 35.6 Å². The highest BCUT2D eigenvalue weighted by atomic mass is 35.5. The third-order valence-corrected chi connectivity index (χ3v) is 3.57. The van der Waals surface area contributed by atoms with E-state index in [1.165, 1.54) is 0 Å². The van der Waals surface area contributed by atoms with Crippen LogP contribution >= 0.6 is 11.6 Å². The summed E-state index contributed by atoms with van der Waals surface area (Å²) in [7, 11) is 0. The van der Waals surface area contributed by atoms with Gasteiger partial charge in [0.05, 0.1) is 13.2 Å². The van der Waals surface area contributed by atoms with E-state index in [-0.39, 0.29) is 0 Å². The molecule has 0 aliphatic heterocycles. The second-order valence-electron chi connectivity index (χ2n) is 5.30. The molecule has 0 aromatic carbocycles. The van der Waals surface area contributed by atoms with Crippen molar-refractivity contribution in [1.29, 1.82) is 0 Å². The SMILES string of the molecule is CCNC(=NCc1ccnc(OCC)c1)NCCc1ccc(Cl)nc1. The fraction of sp³-hybridized carbons (Fsp3) is 0.389. The lowest BCUT2D eigenvalue weighted by molar-refractivity contribution is 0.326. The molecular weight excluding hydrogens is 338 g/mol. The van der Waals surface area contributed by atoms with Crippen molar-refractivity contribution in [2.24, 2.45) is 4.99 Å². The summed E-state index contributed by atoms with van der Waals surface area (Å²) in [6.45, 7) is 6.70. The van der Waals surface area contributed by atoms with Gasteiger partial charge in [0.15, 0.2) is 5.96 Å². The van der Waals surface area contributed by atoms with E-state index in [0.29, 0.717) is 24.2 Å². The monoisotopic (exact) mass is 361 g/mol. The molecular formula is C18H24ClN5O. The van der Waals surface area contributed by atoms with Gasteiger partial charge in [0.1, 0.15) is 5.15 Å². The van der Waals surface area contributed by atoms with E-state index in [1.54, 1.807) is 18.5 Å².